The SMILES string of the molecule is CC1=Cc2c(Br)cccc2C1S(C)(C)Cl. The Hall–Kier alpha value is 0.0800. The van der Waals surface area contributed by atoms with Crippen molar-refractivity contribution < 1.29 is 0 Å². The Balaban J connectivity index is 2.59. The van der Waals surface area contributed by atoms with Crippen molar-refractivity contribution >= 4 is 41.9 Å². The van der Waals surface area contributed by atoms with Crippen molar-refractivity contribution in [3.8, 4) is 0 Å². The summed E-state index contributed by atoms with van der Waals surface area (Å²) >= 11 is 3.59. The Morgan fingerprint density at radius 3 is 2.60 bits per heavy atom. The molecule has 1 aromatic rings. The molecule has 0 fully saturated rings. The molecule has 0 N–H and O–H groups in total. The molecule has 0 spiro atoms. The maximum Gasteiger partial charge on any atom is 0.0475 e. The van der Waals surface area contributed by atoms with Crippen LogP contribution in [0.25, 0.3) is 6.08 Å². The van der Waals surface area contributed by atoms with Gasteiger partial charge in [-0.1, -0.05) is 50.4 Å². The van der Waals surface area contributed by atoms with Gasteiger partial charge in [0.25, 0.3) is 0 Å². The summed E-state index contributed by atoms with van der Waals surface area (Å²) in [5.41, 5.74) is 4.06. The summed E-state index contributed by atoms with van der Waals surface area (Å²) in [7, 11) is 5.44. The quantitative estimate of drug-likeness (QED) is 0.675. The van der Waals surface area contributed by atoms with Crippen LogP contribution in [-0.4, -0.2) is 12.5 Å². The lowest BCUT2D eigenvalue weighted by Crippen LogP contribution is -2.02. The molecule has 3 heteroatoms. The number of fused-ring (bicyclic) bond motifs is 1. The van der Waals surface area contributed by atoms with Crippen molar-refractivity contribution in [1.29, 1.82) is 0 Å². The van der Waals surface area contributed by atoms with Crippen LogP contribution in [0.5, 0.6) is 0 Å². The molecule has 0 aliphatic heterocycles. The van der Waals surface area contributed by atoms with Crippen molar-refractivity contribution in [3.05, 3.63) is 39.4 Å². The molecular weight excluding hydrogens is 292 g/mol. The van der Waals surface area contributed by atoms with Crippen LogP contribution >= 0.6 is 35.9 Å². The molecule has 15 heavy (non-hydrogen) atoms. The third-order valence-electron chi connectivity index (χ3n) is 2.72. The summed E-state index contributed by atoms with van der Waals surface area (Å²) < 4.78 is 1.17. The van der Waals surface area contributed by atoms with Crippen molar-refractivity contribution in [2.45, 2.75) is 12.2 Å². The van der Waals surface area contributed by atoms with E-state index in [1.165, 1.54) is 21.2 Å². The van der Waals surface area contributed by atoms with E-state index in [1.807, 2.05) is 0 Å². The normalized spacial score (nSPS) is 21.1. The molecule has 0 heterocycles. The second-order valence-corrected chi connectivity index (χ2v) is 10.6. The second kappa shape index (κ2) is 3.83. The third kappa shape index (κ3) is 2.00. The predicted molar refractivity (Wildman–Crippen MR) is 75.8 cm³/mol. The minimum absolute atomic E-state index is 0.409. The standard InChI is InChI=1S/C12H14BrClS/c1-8-7-10-9(5-4-6-11(10)13)12(8)15(2,3)14/h4-7,12H,1-3H3. The zero-order chi connectivity index (χ0) is 11.2. The molecule has 0 radical (unpaired) electrons. The van der Waals surface area contributed by atoms with E-state index in [0.717, 1.165) is 0 Å². The van der Waals surface area contributed by atoms with Crippen LogP contribution in [0, 0.1) is 0 Å². The van der Waals surface area contributed by atoms with Gasteiger partial charge in [-0.05, 0) is 36.6 Å². The Morgan fingerprint density at radius 2 is 2.00 bits per heavy atom. The van der Waals surface area contributed by atoms with Gasteiger partial charge in [0.2, 0.25) is 0 Å². The van der Waals surface area contributed by atoms with E-state index in [0.29, 0.717) is 5.25 Å². The van der Waals surface area contributed by atoms with Crippen LogP contribution in [0.15, 0.2) is 28.2 Å². The zero-order valence-corrected chi connectivity index (χ0v) is 12.2. The molecule has 1 unspecified atom stereocenters. The first-order valence-electron chi connectivity index (χ1n) is 4.79. The fraction of sp³-hybridized carbons (Fsp3) is 0.333. The molecule has 0 aromatic heterocycles. The number of halogens is 2. The molecular formula is C12H14BrClS. The van der Waals surface area contributed by atoms with E-state index in [-0.39, 0.29) is 0 Å². The van der Waals surface area contributed by atoms with Gasteiger partial charge in [-0.3, -0.25) is 0 Å². The molecule has 0 saturated heterocycles. The third-order valence-corrected chi connectivity index (χ3v) is 5.69. The van der Waals surface area contributed by atoms with E-state index in [1.54, 1.807) is 0 Å². The van der Waals surface area contributed by atoms with Crippen LogP contribution in [-0.2, 0) is 0 Å². The van der Waals surface area contributed by atoms with Gasteiger partial charge in [-0.15, -0.1) is 0 Å². The van der Waals surface area contributed by atoms with Crippen LogP contribution in [0.3, 0.4) is 0 Å². The fourth-order valence-electron chi connectivity index (χ4n) is 2.23. The highest BCUT2D eigenvalue weighted by molar-refractivity contribution is 9.10. The summed E-state index contributed by atoms with van der Waals surface area (Å²) in [5, 5.41) is 0.409. The fourth-order valence-corrected chi connectivity index (χ4v) is 5.19. The lowest BCUT2D eigenvalue weighted by molar-refractivity contribution is 1.15. The van der Waals surface area contributed by atoms with Gasteiger partial charge in [0.15, 0.2) is 0 Å². The van der Waals surface area contributed by atoms with Gasteiger partial charge in [-0.2, -0.15) is 9.24 Å². The summed E-state index contributed by atoms with van der Waals surface area (Å²) in [6.07, 6.45) is 6.57. The molecule has 1 aromatic carbocycles. The van der Waals surface area contributed by atoms with Crippen molar-refractivity contribution in [1.82, 2.24) is 0 Å². The average Bonchev–Trinajstić information content (AvgIpc) is 2.41. The first-order chi connectivity index (χ1) is 6.91. The summed E-state index contributed by atoms with van der Waals surface area (Å²) in [6, 6.07) is 6.36. The van der Waals surface area contributed by atoms with Crippen LogP contribution in [0.1, 0.15) is 23.3 Å². The highest BCUT2D eigenvalue weighted by Gasteiger charge is 2.31. The Labute approximate surface area is 106 Å². The molecule has 1 aliphatic carbocycles. The lowest BCUT2D eigenvalue weighted by atomic mass is 10.1. The van der Waals surface area contributed by atoms with E-state index in [2.05, 4.69) is 59.6 Å². The summed E-state index contributed by atoms with van der Waals surface area (Å²) in [4.78, 5) is 0. The maximum absolute atomic E-state index is 6.54. The molecule has 0 amide bonds. The molecule has 0 saturated carbocycles. The zero-order valence-electron chi connectivity index (χ0n) is 9.05. The van der Waals surface area contributed by atoms with Gasteiger partial charge in [0.05, 0.1) is 0 Å². The van der Waals surface area contributed by atoms with Gasteiger partial charge < -0.3 is 0 Å². The van der Waals surface area contributed by atoms with Crippen molar-refractivity contribution in [2.24, 2.45) is 0 Å². The summed E-state index contributed by atoms with van der Waals surface area (Å²) in [5.74, 6) is 0. The monoisotopic (exact) mass is 304 g/mol. The van der Waals surface area contributed by atoms with Gasteiger partial charge in [0.1, 0.15) is 0 Å². The smallest absolute Gasteiger partial charge is 0.0475 e. The van der Waals surface area contributed by atoms with E-state index >= 15 is 0 Å². The van der Waals surface area contributed by atoms with E-state index < -0.39 is 9.24 Å². The van der Waals surface area contributed by atoms with Crippen molar-refractivity contribution in [2.75, 3.05) is 12.5 Å². The first-order valence-corrected chi connectivity index (χ1v) is 8.93. The van der Waals surface area contributed by atoms with Gasteiger partial charge >= 0.3 is 0 Å². The highest BCUT2D eigenvalue weighted by atomic mass is 79.9. The molecule has 0 nitrogen and oxygen atoms in total. The first kappa shape index (κ1) is 11.6. The number of benzene rings is 1. The van der Waals surface area contributed by atoms with Crippen LogP contribution < -0.4 is 0 Å². The van der Waals surface area contributed by atoms with Crippen LogP contribution in [0.2, 0.25) is 0 Å². The van der Waals surface area contributed by atoms with Crippen molar-refractivity contribution in [3.63, 3.8) is 0 Å². The Kier molecular flexibility index (Phi) is 2.95. The molecule has 1 aliphatic rings. The minimum Gasteiger partial charge on any atom is -0.158 e. The largest absolute Gasteiger partial charge is 0.158 e. The molecule has 1 atom stereocenters. The summed E-state index contributed by atoms with van der Waals surface area (Å²) in [6.45, 7) is 2.17. The Bertz CT molecular complexity index is 432. The maximum atomic E-state index is 6.54. The highest BCUT2D eigenvalue weighted by Crippen LogP contribution is 2.64. The number of rotatable bonds is 1. The lowest BCUT2D eigenvalue weighted by Gasteiger charge is -2.32. The van der Waals surface area contributed by atoms with Gasteiger partial charge in [0, 0.05) is 9.72 Å². The average molecular weight is 306 g/mol. The number of hydrogen-bond donors (Lipinski definition) is 0. The van der Waals surface area contributed by atoms with Crippen LogP contribution in [0.4, 0.5) is 0 Å². The predicted octanol–water partition coefficient (Wildman–Crippen LogP) is 5.13. The molecule has 0 bridgehead atoms. The number of hydrogen-bond acceptors (Lipinski definition) is 0. The van der Waals surface area contributed by atoms with E-state index in [9.17, 15) is 0 Å². The minimum atomic E-state index is -1.10. The topological polar surface area (TPSA) is 0 Å². The van der Waals surface area contributed by atoms with E-state index in [4.69, 9.17) is 10.7 Å². The molecule has 2 rings (SSSR count). The molecule has 82 valence electrons. The second-order valence-electron chi connectivity index (χ2n) is 4.29. The Morgan fingerprint density at radius 1 is 1.33 bits per heavy atom. The van der Waals surface area contributed by atoms with Gasteiger partial charge in [-0.25, -0.2) is 0 Å².